The Morgan fingerprint density at radius 1 is 1.43 bits per heavy atom. The number of rotatable bonds is 4. The van der Waals surface area contributed by atoms with Crippen LogP contribution in [-0.2, 0) is 6.54 Å². The highest BCUT2D eigenvalue weighted by atomic mass is 35.5. The van der Waals surface area contributed by atoms with Crippen LogP contribution in [-0.4, -0.2) is 30.2 Å². The molecule has 2 nitrogen and oxygen atoms in total. The zero-order chi connectivity index (χ0) is 10.6. The lowest BCUT2D eigenvalue weighted by molar-refractivity contribution is 0.217. The first kappa shape index (κ1) is 11.5. The summed E-state index contributed by atoms with van der Waals surface area (Å²) in [7, 11) is 1.98. The second-order valence-electron chi connectivity index (χ2n) is 3.53. The maximum absolute atomic E-state index is 8.77. The van der Waals surface area contributed by atoms with Crippen LogP contribution in [0.5, 0.6) is 0 Å². The van der Waals surface area contributed by atoms with E-state index in [1.807, 2.05) is 25.2 Å². The first-order chi connectivity index (χ1) is 6.63. The van der Waals surface area contributed by atoms with Crippen LogP contribution in [0.3, 0.4) is 0 Å². The van der Waals surface area contributed by atoms with E-state index in [9.17, 15) is 0 Å². The Morgan fingerprint density at radius 3 is 2.79 bits per heavy atom. The van der Waals surface area contributed by atoms with Crippen molar-refractivity contribution in [1.82, 2.24) is 4.90 Å². The molecule has 1 aromatic carbocycles. The molecule has 14 heavy (non-hydrogen) atoms. The number of likely N-dealkylation sites (N-methyl/N-ethyl adjacent to an activating group) is 1. The van der Waals surface area contributed by atoms with Gasteiger partial charge >= 0.3 is 0 Å². The molecule has 0 bridgehead atoms. The van der Waals surface area contributed by atoms with E-state index < -0.39 is 0 Å². The van der Waals surface area contributed by atoms with Crippen LogP contribution in [0, 0.1) is 6.92 Å². The molecular formula is C11H16ClNO. The zero-order valence-corrected chi connectivity index (χ0v) is 9.38. The second-order valence-corrected chi connectivity index (χ2v) is 3.97. The first-order valence-electron chi connectivity index (χ1n) is 4.68. The lowest BCUT2D eigenvalue weighted by atomic mass is 10.1. The van der Waals surface area contributed by atoms with Crippen molar-refractivity contribution in [3.63, 3.8) is 0 Å². The van der Waals surface area contributed by atoms with E-state index in [-0.39, 0.29) is 6.61 Å². The van der Waals surface area contributed by atoms with Gasteiger partial charge in [-0.1, -0.05) is 17.7 Å². The average molecular weight is 214 g/mol. The third kappa shape index (κ3) is 3.29. The maximum Gasteiger partial charge on any atom is 0.0558 e. The molecule has 1 rings (SSSR count). The third-order valence-corrected chi connectivity index (χ3v) is 2.47. The van der Waals surface area contributed by atoms with Crippen LogP contribution >= 0.6 is 11.6 Å². The summed E-state index contributed by atoms with van der Waals surface area (Å²) in [5, 5.41) is 9.54. The van der Waals surface area contributed by atoms with E-state index in [4.69, 9.17) is 16.7 Å². The van der Waals surface area contributed by atoms with E-state index >= 15 is 0 Å². The SMILES string of the molecule is Cc1ccc(Cl)cc1CN(C)CCO. The summed E-state index contributed by atoms with van der Waals surface area (Å²) >= 11 is 5.91. The van der Waals surface area contributed by atoms with Crippen molar-refractivity contribution in [3.8, 4) is 0 Å². The van der Waals surface area contributed by atoms with Crippen molar-refractivity contribution >= 4 is 11.6 Å². The molecule has 0 radical (unpaired) electrons. The molecule has 0 heterocycles. The number of aliphatic hydroxyl groups excluding tert-OH is 1. The fourth-order valence-corrected chi connectivity index (χ4v) is 1.55. The minimum absolute atomic E-state index is 0.191. The fraction of sp³-hybridized carbons (Fsp3) is 0.455. The Balaban J connectivity index is 2.70. The predicted octanol–water partition coefficient (Wildman–Crippen LogP) is 2.07. The predicted molar refractivity (Wildman–Crippen MR) is 59.6 cm³/mol. The zero-order valence-electron chi connectivity index (χ0n) is 8.63. The van der Waals surface area contributed by atoms with Crippen LogP contribution in [0.25, 0.3) is 0 Å². The summed E-state index contributed by atoms with van der Waals surface area (Å²) in [4.78, 5) is 2.07. The van der Waals surface area contributed by atoms with Crippen molar-refractivity contribution in [1.29, 1.82) is 0 Å². The molecule has 0 atom stereocenters. The minimum Gasteiger partial charge on any atom is -0.395 e. The van der Waals surface area contributed by atoms with E-state index in [0.29, 0.717) is 6.54 Å². The van der Waals surface area contributed by atoms with Crippen LogP contribution in [0.4, 0.5) is 0 Å². The van der Waals surface area contributed by atoms with Gasteiger partial charge in [0.05, 0.1) is 6.61 Å². The minimum atomic E-state index is 0.191. The molecule has 0 aliphatic heterocycles. The van der Waals surface area contributed by atoms with Gasteiger partial charge in [-0.15, -0.1) is 0 Å². The lowest BCUT2D eigenvalue weighted by Crippen LogP contribution is -2.21. The van der Waals surface area contributed by atoms with Gasteiger partial charge in [-0.25, -0.2) is 0 Å². The molecule has 3 heteroatoms. The van der Waals surface area contributed by atoms with Crippen LogP contribution in [0.1, 0.15) is 11.1 Å². The molecule has 0 saturated carbocycles. The quantitative estimate of drug-likeness (QED) is 0.828. The molecule has 0 aliphatic rings. The summed E-state index contributed by atoms with van der Waals surface area (Å²) < 4.78 is 0. The molecule has 0 spiro atoms. The van der Waals surface area contributed by atoms with Gasteiger partial charge in [-0.05, 0) is 37.2 Å². The van der Waals surface area contributed by atoms with Crippen molar-refractivity contribution in [2.24, 2.45) is 0 Å². The smallest absolute Gasteiger partial charge is 0.0558 e. The lowest BCUT2D eigenvalue weighted by Gasteiger charge is -2.16. The van der Waals surface area contributed by atoms with E-state index in [0.717, 1.165) is 11.6 Å². The Hall–Kier alpha value is -0.570. The molecule has 1 aromatic rings. The van der Waals surface area contributed by atoms with Gasteiger partial charge in [0.25, 0.3) is 0 Å². The van der Waals surface area contributed by atoms with Crippen molar-refractivity contribution in [2.45, 2.75) is 13.5 Å². The van der Waals surface area contributed by atoms with Gasteiger partial charge in [0.1, 0.15) is 0 Å². The number of hydrogen-bond acceptors (Lipinski definition) is 2. The number of aryl methyl sites for hydroxylation is 1. The molecule has 0 saturated heterocycles. The van der Waals surface area contributed by atoms with E-state index in [2.05, 4.69) is 11.8 Å². The second kappa shape index (κ2) is 5.35. The Kier molecular flexibility index (Phi) is 4.39. The van der Waals surface area contributed by atoms with Crippen molar-refractivity contribution in [2.75, 3.05) is 20.2 Å². The van der Waals surface area contributed by atoms with Crippen molar-refractivity contribution in [3.05, 3.63) is 34.3 Å². The maximum atomic E-state index is 8.77. The molecule has 78 valence electrons. The summed E-state index contributed by atoms with van der Waals surface area (Å²) in [5.74, 6) is 0. The van der Waals surface area contributed by atoms with Gasteiger partial charge in [-0.3, -0.25) is 4.90 Å². The van der Waals surface area contributed by atoms with Crippen molar-refractivity contribution < 1.29 is 5.11 Å². The van der Waals surface area contributed by atoms with Crippen LogP contribution < -0.4 is 0 Å². The van der Waals surface area contributed by atoms with Gasteiger partial charge < -0.3 is 5.11 Å². The summed E-state index contributed by atoms with van der Waals surface area (Å²) in [5.41, 5.74) is 2.45. The number of benzene rings is 1. The number of hydrogen-bond donors (Lipinski definition) is 1. The summed E-state index contributed by atoms with van der Waals surface area (Å²) in [6.45, 7) is 3.77. The molecule has 0 aromatic heterocycles. The highest BCUT2D eigenvalue weighted by Gasteiger charge is 2.03. The first-order valence-corrected chi connectivity index (χ1v) is 5.05. The topological polar surface area (TPSA) is 23.5 Å². The highest BCUT2D eigenvalue weighted by Crippen LogP contribution is 2.16. The van der Waals surface area contributed by atoms with Crippen LogP contribution in [0.15, 0.2) is 18.2 Å². The highest BCUT2D eigenvalue weighted by molar-refractivity contribution is 6.30. The number of aliphatic hydroxyl groups is 1. The third-order valence-electron chi connectivity index (χ3n) is 2.23. The average Bonchev–Trinajstić information content (AvgIpc) is 2.12. The van der Waals surface area contributed by atoms with Crippen LogP contribution in [0.2, 0.25) is 5.02 Å². The van der Waals surface area contributed by atoms with E-state index in [1.165, 1.54) is 11.1 Å². The Labute approximate surface area is 90.1 Å². The van der Waals surface area contributed by atoms with Gasteiger partial charge in [0, 0.05) is 18.1 Å². The normalized spacial score (nSPS) is 10.9. The van der Waals surface area contributed by atoms with Gasteiger partial charge in [0.15, 0.2) is 0 Å². The monoisotopic (exact) mass is 213 g/mol. The van der Waals surface area contributed by atoms with Gasteiger partial charge in [0.2, 0.25) is 0 Å². The molecule has 0 amide bonds. The molecule has 1 N–H and O–H groups in total. The number of nitrogens with zero attached hydrogens (tertiary/aromatic N) is 1. The Bertz CT molecular complexity index is 301. The van der Waals surface area contributed by atoms with E-state index in [1.54, 1.807) is 0 Å². The standard InChI is InChI=1S/C11H16ClNO/c1-9-3-4-11(12)7-10(9)8-13(2)5-6-14/h3-4,7,14H,5-6,8H2,1-2H3. The largest absolute Gasteiger partial charge is 0.395 e. The molecular weight excluding hydrogens is 198 g/mol. The molecule has 0 aliphatic carbocycles. The number of halogens is 1. The fourth-order valence-electron chi connectivity index (χ4n) is 1.35. The Morgan fingerprint density at radius 2 is 2.14 bits per heavy atom. The molecule has 0 unspecified atom stereocenters. The summed E-state index contributed by atoms with van der Waals surface area (Å²) in [6, 6.07) is 5.89. The summed E-state index contributed by atoms with van der Waals surface area (Å²) in [6.07, 6.45) is 0. The van der Waals surface area contributed by atoms with Gasteiger partial charge in [-0.2, -0.15) is 0 Å². The molecule has 0 fully saturated rings.